The highest BCUT2D eigenvalue weighted by Crippen LogP contribution is 2.26. The topological polar surface area (TPSA) is 54.1 Å². The predicted molar refractivity (Wildman–Crippen MR) is 74.0 cm³/mol. The highest BCUT2D eigenvalue weighted by molar-refractivity contribution is 9.10. The number of rotatable bonds is 4. The molecule has 1 heterocycles. The summed E-state index contributed by atoms with van der Waals surface area (Å²) in [5.41, 5.74) is 0.831. The van der Waals surface area contributed by atoms with E-state index in [1.807, 2.05) is 0 Å². The molecule has 2 N–H and O–H groups in total. The Bertz CT molecular complexity index is 598. The smallest absolute Gasteiger partial charge is 0.272 e. The van der Waals surface area contributed by atoms with Gasteiger partial charge in [-0.25, -0.2) is 4.39 Å². The van der Waals surface area contributed by atoms with Gasteiger partial charge in [-0.05, 0) is 41.1 Å². The van der Waals surface area contributed by atoms with Crippen molar-refractivity contribution in [2.24, 2.45) is 0 Å². The van der Waals surface area contributed by atoms with Gasteiger partial charge in [0.05, 0.1) is 12.3 Å². The third-order valence-corrected chi connectivity index (χ3v) is 2.84. The number of aromatic amines is 1. The number of ether oxygens (including phenoxy) is 1. The fourth-order valence-electron chi connectivity index (χ4n) is 1.56. The number of anilines is 1. The van der Waals surface area contributed by atoms with Gasteiger partial charge in [0.25, 0.3) is 5.91 Å². The van der Waals surface area contributed by atoms with E-state index < -0.39 is 5.82 Å². The van der Waals surface area contributed by atoms with E-state index >= 15 is 0 Å². The molecule has 0 aliphatic carbocycles. The van der Waals surface area contributed by atoms with Crippen LogP contribution in [0.1, 0.15) is 17.4 Å². The normalized spacial score (nSPS) is 10.3. The number of amides is 1. The minimum Gasteiger partial charge on any atom is -0.492 e. The van der Waals surface area contributed by atoms with E-state index in [1.165, 1.54) is 18.2 Å². The van der Waals surface area contributed by atoms with E-state index in [2.05, 4.69) is 26.2 Å². The highest BCUT2D eigenvalue weighted by Gasteiger charge is 2.12. The molecule has 2 aromatic rings. The fourth-order valence-corrected chi connectivity index (χ4v) is 1.91. The monoisotopic (exact) mass is 326 g/mol. The van der Waals surface area contributed by atoms with Crippen molar-refractivity contribution in [2.75, 3.05) is 11.9 Å². The second-order valence-electron chi connectivity index (χ2n) is 3.76. The summed E-state index contributed by atoms with van der Waals surface area (Å²) in [6, 6.07) is 5.63. The van der Waals surface area contributed by atoms with Gasteiger partial charge in [0.15, 0.2) is 0 Å². The van der Waals surface area contributed by atoms with Crippen LogP contribution in [-0.2, 0) is 0 Å². The van der Waals surface area contributed by atoms with Gasteiger partial charge in [-0.2, -0.15) is 0 Å². The zero-order valence-corrected chi connectivity index (χ0v) is 11.8. The second kappa shape index (κ2) is 5.88. The molecule has 0 saturated carbocycles. The van der Waals surface area contributed by atoms with E-state index in [9.17, 15) is 9.18 Å². The van der Waals surface area contributed by atoms with Crippen LogP contribution < -0.4 is 10.1 Å². The molecule has 100 valence electrons. The minimum absolute atomic E-state index is 0.307. The van der Waals surface area contributed by atoms with Gasteiger partial charge in [0.2, 0.25) is 0 Å². The Morgan fingerprint density at radius 1 is 1.47 bits per heavy atom. The first-order valence-corrected chi connectivity index (χ1v) is 6.47. The molecule has 0 spiro atoms. The highest BCUT2D eigenvalue weighted by atomic mass is 79.9. The van der Waals surface area contributed by atoms with Crippen LogP contribution >= 0.6 is 15.9 Å². The van der Waals surface area contributed by atoms with E-state index in [1.54, 1.807) is 19.2 Å². The maximum atomic E-state index is 13.1. The van der Waals surface area contributed by atoms with Crippen LogP contribution in [0.3, 0.4) is 0 Å². The summed E-state index contributed by atoms with van der Waals surface area (Å²) in [4.78, 5) is 14.8. The molecule has 0 aliphatic rings. The molecule has 0 aliphatic heterocycles. The Labute approximate surface area is 118 Å². The maximum Gasteiger partial charge on any atom is 0.272 e. The summed E-state index contributed by atoms with van der Waals surface area (Å²) in [6.45, 7) is 2.18. The molecule has 1 aromatic carbocycles. The summed E-state index contributed by atoms with van der Waals surface area (Å²) in [5, 5.41) is 2.67. The van der Waals surface area contributed by atoms with Gasteiger partial charge in [-0.1, -0.05) is 0 Å². The standard InChI is InChI=1S/C13H12BrFN2O2/c1-2-19-12-6-9(15)3-4-10(12)17-13(18)11-5-8(14)7-16-11/h3-7,16H,2H2,1H3,(H,17,18). The summed E-state index contributed by atoms with van der Waals surface area (Å²) in [7, 11) is 0. The van der Waals surface area contributed by atoms with Crippen molar-refractivity contribution < 1.29 is 13.9 Å². The Hall–Kier alpha value is -1.82. The number of aromatic nitrogens is 1. The molecule has 6 heteroatoms. The van der Waals surface area contributed by atoms with Crippen LogP contribution in [0.5, 0.6) is 5.75 Å². The van der Waals surface area contributed by atoms with Crippen LogP contribution in [0, 0.1) is 5.82 Å². The first-order valence-electron chi connectivity index (χ1n) is 5.67. The maximum absolute atomic E-state index is 13.1. The van der Waals surface area contributed by atoms with Crippen molar-refractivity contribution in [3.63, 3.8) is 0 Å². The molecule has 2 rings (SSSR count). The molecule has 0 saturated heterocycles. The third-order valence-electron chi connectivity index (χ3n) is 2.38. The van der Waals surface area contributed by atoms with Gasteiger partial charge in [-0.3, -0.25) is 4.79 Å². The minimum atomic E-state index is -0.413. The molecule has 19 heavy (non-hydrogen) atoms. The quantitative estimate of drug-likeness (QED) is 0.902. The third kappa shape index (κ3) is 3.35. The van der Waals surface area contributed by atoms with Crippen molar-refractivity contribution in [2.45, 2.75) is 6.92 Å². The van der Waals surface area contributed by atoms with Gasteiger partial charge in [0.1, 0.15) is 17.3 Å². The lowest BCUT2D eigenvalue weighted by atomic mass is 10.2. The number of hydrogen-bond donors (Lipinski definition) is 2. The Kier molecular flexibility index (Phi) is 4.21. The first kappa shape index (κ1) is 13.6. The first-order chi connectivity index (χ1) is 9.10. The van der Waals surface area contributed by atoms with Crippen molar-refractivity contribution in [1.82, 2.24) is 4.98 Å². The zero-order valence-electron chi connectivity index (χ0n) is 10.2. The summed E-state index contributed by atoms with van der Waals surface area (Å²) < 4.78 is 19.2. The Balaban J connectivity index is 2.20. The SMILES string of the molecule is CCOc1cc(F)ccc1NC(=O)c1cc(Br)c[nH]1. The average molecular weight is 327 g/mol. The summed E-state index contributed by atoms with van der Waals surface area (Å²) >= 11 is 3.25. The van der Waals surface area contributed by atoms with Crippen LogP contribution in [-0.4, -0.2) is 17.5 Å². The molecule has 0 radical (unpaired) electrons. The lowest BCUT2D eigenvalue weighted by Crippen LogP contribution is -2.13. The molecule has 1 aromatic heterocycles. The largest absolute Gasteiger partial charge is 0.492 e. The van der Waals surface area contributed by atoms with E-state index in [-0.39, 0.29) is 5.91 Å². The number of H-pyrrole nitrogens is 1. The van der Waals surface area contributed by atoms with Crippen LogP contribution in [0.25, 0.3) is 0 Å². The van der Waals surface area contributed by atoms with E-state index in [4.69, 9.17) is 4.74 Å². The van der Waals surface area contributed by atoms with Gasteiger partial charge in [0, 0.05) is 16.7 Å². The van der Waals surface area contributed by atoms with Crippen LogP contribution in [0.4, 0.5) is 10.1 Å². The fraction of sp³-hybridized carbons (Fsp3) is 0.154. The van der Waals surface area contributed by atoms with Crippen molar-refractivity contribution >= 4 is 27.5 Å². The zero-order chi connectivity index (χ0) is 13.8. The molecular formula is C13H12BrFN2O2. The number of hydrogen-bond acceptors (Lipinski definition) is 2. The van der Waals surface area contributed by atoms with Crippen molar-refractivity contribution in [3.8, 4) is 5.75 Å². The van der Waals surface area contributed by atoms with Crippen molar-refractivity contribution in [3.05, 3.63) is 46.4 Å². The Morgan fingerprint density at radius 2 is 2.26 bits per heavy atom. The lowest BCUT2D eigenvalue weighted by molar-refractivity contribution is 0.102. The summed E-state index contributed by atoms with van der Waals surface area (Å²) in [5.74, 6) is -0.427. The molecular weight excluding hydrogens is 315 g/mol. The van der Waals surface area contributed by atoms with Gasteiger partial charge >= 0.3 is 0 Å². The molecule has 4 nitrogen and oxygen atoms in total. The van der Waals surface area contributed by atoms with Gasteiger partial charge < -0.3 is 15.0 Å². The average Bonchev–Trinajstić information content (AvgIpc) is 2.80. The number of carbonyl (C=O) groups excluding carboxylic acids is 1. The van der Waals surface area contributed by atoms with Crippen LogP contribution in [0.2, 0.25) is 0 Å². The van der Waals surface area contributed by atoms with E-state index in [0.717, 1.165) is 4.47 Å². The molecule has 0 fully saturated rings. The second-order valence-corrected chi connectivity index (χ2v) is 4.67. The molecule has 0 bridgehead atoms. The van der Waals surface area contributed by atoms with E-state index in [0.29, 0.717) is 23.7 Å². The number of benzene rings is 1. The predicted octanol–water partition coefficient (Wildman–Crippen LogP) is 3.57. The number of carbonyl (C=O) groups is 1. The van der Waals surface area contributed by atoms with Crippen LogP contribution in [0.15, 0.2) is 34.9 Å². The van der Waals surface area contributed by atoms with Gasteiger partial charge in [-0.15, -0.1) is 0 Å². The molecule has 1 amide bonds. The molecule has 0 atom stereocenters. The Morgan fingerprint density at radius 3 is 2.89 bits per heavy atom. The number of halogens is 2. The number of nitrogens with one attached hydrogen (secondary N) is 2. The lowest BCUT2D eigenvalue weighted by Gasteiger charge is -2.11. The van der Waals surface area contributed by atoms with Crippen molar-refractivity contribution in [1.29, 1.82) is 0 Å². The molecule has 0 unspecified atom stereocenters. The summed E-state index contributed by atoms with van der Waals surface area (Å²) in [6.07, 6.45) is 1.66.